The molecule has 0 saturated carbocycles. The van der Waals surface area contributed by atoms with Crippen LogP contribution in [0.3, 0.4) is 0 Å². The minimum Gasteiger partial charge on any atom is -0.490 e. The summed E-state index contributed by atoms with van der Waals surface area (Å²) in [5, 5.41) is 0. The molecule has 0 saturated heterocycles. The fourth-order valence-electron chi connectivity index (χ4n) is 1.34. The van der Waals surface area contributed by atoms with Crippen LogP contribution in [-0.2, 0) is 0 Å². The van der Waals surface area contributed by atoms with Crippen LogP contribution in [0, 0.1) is 5.82 Å². The van der Waals surface area contributed by atoms with Crippen molar-refractivity contribution in [2.45, 2.75) is 12.6 Å². The normalized spacial score (nSPS) is 21.3. The summed E-state index contributed by atoms with van der Waals surface area (Å²) in [6.45, 7) is 0.259. The minimum atomic E-state index is -1.08. The topological polar surface area (TPSA) is 9.23 Å². The minimum absolute atomic E-state index is 0.0799. The average molecular weight is 170 g/mol. The van der Waals surface area contributed by atoms with Crippen molar-refractivity contribution in [1.82, 2.24) is 0 Å². The summed E-state index contributed by atoms with van der Waals surface area (Å²) in [7, 11) is 0. The Kier molecular flexibility index (Phi) is 1.71. The molecule has 1 heterocycles. The van der Waals surface area contributed by atoms with Crippen LogP contribution >= 0.6 is 0 Å². The van der Waals surface area contributed by atoms with E-state index in [9.17, 15) is 8.78 Å². The molecule has 12 heavy (non-hydrogen) atoms. The number of ether oxygens (including phenoxy) is 1. The van der Waals surface area contributed by atoms with Crippen LogP contribution in [0.2, 0.25) is 0 Å². The van der Waals surface area contributed by atoms with Gasteiger partial charge in [0.2, 0.25) is 0 Å². The summed E-state index contributed by atoms with van der Waals surface area (Å²) in [4.78, 5) is 0. The number of hydrogen-bond donors (Lipinski definition) is 0. The van der Waals surface area contributed by atoms with Gasteiger partial charge in [0.05, 0.1) is 6.61 Å². The molecule has 3 heteroatoms. The Morgan fingerprint density at radius 2 is 2.25 bits per heavy atom. The van der Waals surface area contributed by atoms with E-state index in [2.05, 4.69) is 0 Å². The molecule has 2 rings (SSSR count). The molecule has 1 atom stereocenters. The van der Waals surface area contributed by atoms with Crippen LogP contribution in [0.1, 0.15) is 18.2 Å². The highest BCUT2D eigenvalue weighted by Gasteiger charge is 2.22. The van der Waals surface area contributed by atoms with Gasteiger partial charge < -0.3 is 4.74 Å². The first-order valence-electron chi connectivity index (χ1n) is 3.84. The molecule has 1 nitrogen and oxygen atoms in total. The highest BCUT2D eigenvalue weighted by atomic mass is 19.1. The van der Waals surface area contributed by atoms with E-state index in [1.54, 1.807) is 6.07 Å². The Balaban J connectivity index is 2.52. The fraction of sp³-hybridized carbons (Fsp3) is 0.333. The van der Waals surface area contributed by atoms with Crippen molar-refractivity contribution in [3.63, 3.8) is 0 Å². The number of alkyl halides is 1. The second-order valence-corrected chi connectivity index (χ2v) is 2.76. The summed E-state index contributed by atoms with van der Waals surface area (Å²) in [6.07, 6.45) is -0.763. The number of fused-ring (bicyclic) bond motifs is 1. The molecule has 0 aliphatic carbocycles. The first kappa shape index (κ1) is 7.53. The first-order valence-corrected chi connectivity index (χ1v) is 3.84. The molecule has 1 aliphatic rings. The second-order valence-electron chi connectivity index (χ2n) is 2.76. The van der Waals surface area contributed by atoms with Gasteiger partial charge in [0.15, 0.2) is 11.6 Å². The molecule has 1 aromatic carbocycles. The highest BCUT2D eigenvalue weighted by Crippen LogP contribution is 2.35. The van der Waals surface area contributed by atoms with Gasteiger partial charge in [-0.25, -0.2) is 8.78 Å². The number of benzene rings is 1. The number of hydrogen-bond acceptors (Lipinski definition) is 1. The summed E-state index contributed by atoms with van der Waals surface area (Å²) in [5.41, 5.74) is 0.334. The third kappa shape index (κ3) is 1.05. The Labute approximate surface area is 69.0 Å². The molecule has 64 valence electrons. The van der Waals surface area contributed by atoms with Crippen LogP contribution in [-0.4, -0.2) is 6.61 Å². The van der Waals surface area contributed by atoms with Crippen LogP contribution in [0.25, 0.3) is 0 Å². The maximum atomic E-state index is 13.1. The predicted molar refractivity (Wildman–Crippen MR) is 40.4 cm³/mol. The second kappa shape index (κ2) is 2.73. The quantitative estimate of drug-likeness (QED) is 0.581. The standard InChI is InChI=1S/C9H8F2O/c10-7-4-5-12-9-6(7)2-1-3-8(9)11/h1-3,7H,4-5H2. The van der Waals surface area contributed by atoms with E-state index in [-0.39, 0.29) is 12.4 Å². The van der Waals surface area contributed by atoms with Crippen molar-refractivity contribution < 1.29 is 13.5 Å². The lowest BCUT2D eigenvalue weighted by Crippen LogP contribution is -2.12. The van der Waals surface area contributed by atoms with Gasteiger partial charge in [-0.2, -0.15) is 0 Å². The highest BCUT2D eigenvalue weighted by molar-refractivity contribution is 5.37. The van der Waals surface area contributed by atoms with E-state index < -0.39 is 12.0 Å². The number of para-hydroxylation sites is 1. The molecule has 1 unspecified atom stereocenters. The Bertz CT molecular complexity index is 299. The molecule has 0 N–H and O–H groups in total. The number of halogens is 2. The summed E-state index contributed by atoms with van der Waals surface area (Å²) < 4.78 is 31.1. The Hall–Kier alpha value is -1.12. The van der Waals surface area contributed by atoms with Gasteiger partial charge in [-0.3, -0.25) is 0 Å². The van der Waals surface area contributed by atoms with E-state index in [0.717, 1.165) is 0 Å². The third-order valence-electron chi connectivity index (χ3n) is 1.95. The average Bonchev–Trinajstić information content (AvgIpc) is 2.07. The summed E-state index contributed by atoms with van der Waals surface area (Å²) in [5.74, 6) is -0.397. The largest absolute Gasteiger partial charge is 0.490 e. The van der Waals surface area contributed by atoms with Gasteiger partial charge in [-0.05, 0) is 6.07 Å². The van der Waals surface area contributed by atoms with E-state index in [0.29, 0.717) is 12.0 Å². The van der Waals surface area contributed by atoms with Crippen LogP contribution in [0.5, 0.6) is 5.75 Å². The van der Waals surface area contributed by atoms with Crippen LogP contribution < -0.4 is 4.74 Å². The molecule has 0 fully saturated rings. The van der Waals surface area contributed by atoms with Crippen molar-refractivity contribution in [3.05, 3.63) is 29.6 Å². The van der Waals surface area contributed by atoms with Crippen molar-refractivity contribution in [2.75, 3.05) is 6.61 Å². The lowest BCUT2D eigenvalue weighted by Gasteiger charge is -2.20. The number of rotatable bonds is 0. The molecule has 0 bridgehead atoms. The molecule has 1 aliphatic heterocycles. The Morgan fingerprint density at radius 1 is 1.42 bits per heavy atom. The van der Waals surface area contributed by atoms with Crippen molar-refractivity contribution in [3.8, 4) is 5.75 Å². The zero-order valence-electron chi connectivity index (χ0n) is 6.39. The smallest absolute Gasteiger partial charge is 0.165 e. The SMILES string of the molecule is Fc1cccc2c1OCCC2F. The van der Waals surface area contributed by atoms with Crippen molar-refractivity contribution in [2.24, 2.45) is 0 Å². The van der Waals surface area contributed by atoms with Crippen LogP contribution in [0.15, 0.2) is 18.2 Å². The fourth-order valence-corrected chi connectivity index (χ4v) is 1.34. The van der Waals surface area contributed by atoms with Crippen LogP contribution in [0.4, 0.5) is 8.78 Å². The molecule has 0 amide bonds. The van der Waals surface area contributed by atoms with E-state index in [1.165, 1.54) is 12.1 Å². The van der Waals surface area contributed by atoms with Crippen molar-refractivity contribution >= 4 is 0 Å². The Morgan fingerprint density at radius 3 is 3.00 bits per heavy atom. The van der Waals surface area contributed by atoms with Gasteiger partial charge in [0, 0.05) is 12.0 Å². The van der Waals surface area contributed by atoms with Gasteiger partial charge in [0.25, 0.3) is 0 Å². The lowest BCUT2D eigenvalue weighted by molar-refractivity contribution is 0.192. The van der Waals surface area contributed by atoms with Gasteiger partial charge >= 0.3 is 0 Å². The molecular weight excluding hydrogens is 162 g/mol. The summed E-state index contributed by atoms with van der Waals surface area (Å²) in [6, 6.07) is 4.33. The zero-order valence-corrected chi connectivity index (χ0v) is 6.39. The predicted octanol–water partition coefficient (Wildman–Crippen LogP) is 2.62. The van der Waals surface area contributed by atoms with E-state index in [1.807, 2.05) is 0 Å². The van der Waals surface area contributed by atoms with Gasteiger partial charge in [-0.1, -0.05) is 12.1 Å². The monoisotopic (exact) mass is 170 g/mol. The maximum Gasteiger partial charge on any atom is 0.165 e. The van der Waals surface area contributed by atoms with E-state index in [4.69, 9.17) is 4.74 Å². The maximum absolute atomic E-state index is 13.1. The molecule has 0 aromatic heterocycles. The summed E-state index contributed by atoms with van der Waals surface area (Å²) >= 11 is 0. The molecular formula is C9H8F2O. The zero-order chi connectivity index (χ0) is 8.55. The lowest BCUT2D eigenvalue weighted by atomic mass is 10.0. The third-order valence-corrected chi connectivity index (χ3v) is 1.95. The molecule has 0 spiro atoms. The molecule has 1 aromatic rings. The first-order chi connectivity index (χ1) is 5.79. The molecule has 0 radical (unpaired) electrons. The van der Waals surface area contributed by atoms with E-state index >= 15 is 0 Å². The van der Waals surface area contributed by atoms with Crippen molar-refractivity contribution in [1.29, 1.82) is 0 Å². The van der Waals surface area contributed by atoms with Gasteiger partial charge in [0.1, 0.15) is 6.17 Å². The van der Waals surface area contributed by atoms with Gasteiger partial charge in [-0.15, -0.1) is 0 Å².